The molecule has 0 aliphatic rings. The molecule has 0 saturated heterocycles. The predicted octanol–water partition coefficient (Wildman–Crippen LogP) is 4.34. The molecule has 4 nitrogen and oxygen atoms in total. The molecule has 6 heteroatoms. The van der Waals surface area contributed by atoms with E-state index in [4.69, 9.17) is 16.1 Å². The van der Waals surface area contributed by atoms with Gasteiger partial charge in [-0.1, -0.05) is 35.0 Å². The van der Waals surface area contributed by atoms with Crippen LogP contribution < -0.4 is 5.32 Å². The number of rotatable bonds is 5. The van der Waals surface area contributed by atoms with E-state index in [9.17, 15) is 4.79 Å². The number of carbonyl (C=O) groups excluding carboxylic acids is 1. The zero-order chi connectivity index (χ0) is 16.2. The minimum Gasteiger partial charge on any atom is -0.360 e. The average molecular weight is 347 g/mol. The van der Waals surface area contributed by atoms with E-state index >= 15 is 0 Å². The molecule has 0 aliphatic carbocycles. The van der Waals surface area contributed by atoms with Crippen molar-refractivity contribution in [3.05, 3.63) is 63.0 Å². The fourth-order valence-corrected chi connectivity index (χ4v) is 3.25. The Hall–Kier alpha value is -2.11. The van der Waals surface area contributed by atoms with Crippen molar-refractivity contribution in [1.29, 1.82) is 0 Å². The smallest absolute Gasteiger partial charge is 0.257 e. The number of benzene rings is 1. The maximum Gasteiger partial charge on any atom is 0.257 e. The molecule has 0 unspecified atom stereocenters. The summed E-state index contributed by atoms with van der Waals surface area (Å²) in [5.41, 5.74) is 2.81. The van der Waals surface area contributed by atoms with Crippen LogP contribution in [0.1, 0.15) is 21.7 Å². The summed E-state index contributed by atoms with van der Waals surface area (Å²) >= 11 is 7.85. The molecule has 2 aromatic heterocycles. The Labute approximate surface area is 143 Å². The van der Waals surface area contributed by atoms with Crippen LogP contribution in [-0.2, 0) is 6.42 Å². The lowest BCUT2D eigenvalue weighted by Crippen LogP contribution is -2.26. The fourth-order valence-electron chi connectivity index (χ4n) is 2.32. The summed E-state index contributed by atoms with van der Waals surface area (Å²) in [5.74, 6) is 0.279. The van der Waals surface area contributed by atoms with Gasteiger partial charge < -0.3 is 9.84 Å². The van der Waals surface area contributed by atoms with Gasteiger partial charge >= 0.3 is 0 Å². The molecule has 0 bridgehead atoms. The molecular weight excluding hydrogens is 332 g/mol. The van der Waals surface area contributed by atoms with E-state index in [2.05, 4.69) is 21.9 Å². The van der Waals surface area contributed by atoms with Gasteiger partial charge in [-0.3, -0.25) is 4.79 Å². The SMILES string of the molecule is Cc1onc(-c2ccccc2Cl)c1C(=O)NCCc1ccsc1. The number of halogens is 1. The minimum absolute atomic E-state index is 0.200. The maximum atomic E-state index is 12.5. The van der Waals surface area contributed by atoms with E-state index < -0.39 is 0 Å². The van der Waals surface area contributed by atoms with Gasteiger partial charge in [0.2, 0.25) is 0 Å². The first-order chi connectivity index (χ1) is 11.2. The van der Waals surface area contributed by atoms with Crippen LogP contribution in [-0.4, -0.2) is 17.6 Å². The molecule has 0 radical (unpaired) electrons. The summed E-state index contributed by atoms with van der Waals surface area (Å²) in [5, 5.41) is 11.6. The van der Waals surface area contributed by atoms with Crippen molar-refractivity contribution >= 4 is 28.8 Å². The van der Waals surface area contributed by atoms with Gasteiger partial charge in [-0.25, -0.2) is 0 Å². The maximum absolute atomic E-state index is 12.5. The number of hydrogen-bond donors (Lipinski definition) is 1. The molecule has 3 rings (SSSR count). The number of amides is 1. The third-order valence-corrected chi connectivity index (χ3v) is 4.56. The summed E-state index contributed by atoms with van der Waals surface area (Å²) in [4.78, 5) is 12.5. The zero-order valence-corrected chi connectivity index (χ0v) is 14.1. The van der Waals surface area contributed by atoms with Crippen LogP contribution in [0.4, 0.5) is 0 Å². The molecule has 0 saturated carbocycles. The number of aryl methyl sites for hydroxylation is 1. The third-order valence-electron chi connectivity index (χ3n) is 3.50. The van der Waals surface area contributed by atoms with Crippen LogP contribution in [0.5, 0.6) is 0 Å². The molecule has 0 atom stereocenters. The van der Waals surface area contributed by atoms with Crippen molar-refractivity contribution in [3.8, 4) is 11.3 Å². The van der Waals surface area contributed by atoms with Crippen molar-refractivity contribution in [2.75, 3.05) is 6.54 Å². The second-order valence-corrected chi connectivity index (χ2v) is 6.27. The molecule has 0 fully saturated rings. The van der Waals surface area contributed by atoms with Gasteiger partial charge in [-0.2, -0.15) is 11.3 Å². The summed E-state index contributed by atoms with van der Waals surface area (Å²) in [7, 11) is 0. The number of nitrogens with one attached hydrogen (secondary N) is 1. The van der Waals surface area contributed by atoms with Gasteiger partial charge in [-0.15, -0.1) is 0 Å². The quantitative estimate of drug-likeness (QED) is 0.747. The van der Waals surface area contributed by atoms with Crippen LogP contribution >= 0.6 is 22.9 Å². The summed E-state index contributed by atoms with van der Waals surface area (Å²) in [6.07, 6.45) is 0.793. The largest absolute Gasteiger partial charge is 0.360 e. The van der Waals surface area contributed by atoms with Gasteiger partial charge in [0.1, 0.15) is 17.0 Å². The average Bonchev–Trinajstić information content (AvgIpc) is 3.17. The van der Waals surface area contributed by atoms with Gasteiger partial charge in [0, 0.05) is 12.1 Å². The van der Waals surface area contributed by atoms with Crippen LogP contribution in [0.25, 0.3) is 11.3 Å². The Morgan fingerprint density at radius 1 is 1.35 bits per heavy atom. The molecule has 1 aromatic carbocycles. The zero-order valence-electron chi connectivity index (χ0n) is 12.5. The van der Waals surface area contributed by atoms with Gasteiger partial charge in [-0.05, 0) is 41.8 Å². The topological polar surface area (TPSA) is 55.1 Å². The molecule has 3 aromatic rings. The Morgan fingerprint density at radius 2 is 2.17 bits per heavy atom. The van der Waals surface area contributed by atoms with E-state index in [0.717, 1.165) is 6.42 Å². The number of nitrogens with zero attached hydrogens (tertiary/aromatic N) is 1. The number of carbonyl (C=O) groups is 1. The minimum atomic E-state index is -0.200. The van der Waals surface area contributed by atoms with E-state index in [1.807, 2.05) is 23.6 Å². The second-order valence-electron chi connectivity index (χ2n) is 5.08. The molecule has 23 heavy (non-hydrogen) atoms. The highest BCUT2D eigenvalue weighted by Crippen LogP contribution is 2.30. The highest BCUT2D eigenvalue weighted by molar-refractivity contribution is 7.07. The van der Waals surface area contributed by atoms with Gasteiger partial charge in [0.25, 0.3) is 5.91 Å². The summed E-state index contributed by atoms with van der Waals surface area (Å²) in [6, 6.07) is 9.32. The highest BCUT2D eigenvalue weighted by Gasteiger charge is 2.22. The first kappa shape index (κ1) is 15.8. The van der Waals surface area contributed by atoms with Crippen molar-refractivity contribution in [2.24, 2.45) is 0 Å². The lowest BCUT2D eigenvalue weighted by molar-refractivity contribution is 0.0953. The van der Waals surface area contributed by atoms with Crippen LogP contribution in [0.2, 0.25) is 5.02 Å². The third kappa shape index (κ3) is 3.46. The van der Waals surface area contributed by atoms with E-state index in [1.54, 1.807) is 24.3 Å². The van der Waals surface area contributed by atoms with E-state index in [0.29, 0.717) is 34.1 Å². The number of hydrogen-bond acceptors (Lipinski definition) is 4. The predicted molar refractivity (Wildman–Crippen MR) is 92.0 cm³/mol. The molecule has 118 valence electrons. The Kier molecular flexibility index (Phi) is 4.79. The lowest BCUT2D eigenvalue weighted by atomic mass is 10.1. The molecule has 0 aliphatic heterocycles. The Bertz CT molecular complexity index is 812. The van der Waals surface area contributed by atoms with Gasteiger partial charge in [0.05, 0.1) is 5.02 Å². The van der Waals surface area contributed by atoms with Crippen molar-refractivity contribution in [2.45, 2.75) is 13.3 Å². The highest BCUT2D eigenvalue weighted by atomic mass is 35.5. The molecule has 1 N–H and O–H groups in total. The van der Waals surface area contributed by atoms with E-state index in [-0.39, 0.29) is 5.91 Å². The standard InChI is InChI=1S/C17H15ClN2O2S/c1-11-15(17(21)19-8-6-12-7-9-23-10-12)16(20-22-11)13-4-2-3-5-14(13)18/h2-5,7,9-10H,6,8H2,1H3,(H,19,21). The van der Waals surface area contributed by atoms with E-state index in [1.165, 1.54) is 5.56 Å². The first-order valence-electron chi connectivity index (χ1n) is 7.17. The van der Waals surface area contributed by atoms with Crippen molar-refractivity contribution < 1.29 is 9.32 Å². The molecule has 0 spiro atoms. The van der Waals surface area contributed by atoms with Gasteiger partial charge in [0.15, 0.2) is 0 Å². The number of aromatic nitrogens is 1. The normalized spacial score (nSPS) is 10.7. The molecule has 1 amide bonds. The van der Waals surface area contributed by atoms with Crippen LogP contribution in [0, 0.1) is 6.92 Å². The lowest BCUT2D eigenvalue weighted by Gasteiger charge is -2.06. The molecule has 2 heterocycles. The van der Waals surface area contributed by atoms with Crippen molar-refractivity contribution in [3.63, 3.8) is 0 Å². The number of thiophene rings is 1. The Morgan fingerprint density at radius 3 is 2.91 bits per heavy atom. The first-order valence-corrected chi connectivity index (χ1v) is 8.49. The van der Waals surface area contributed by atoms with Crippen LogP contribution in [0.15, 0.2) is 45.6 Å². The second kappa shape index (κ2) is 6.98. The molecular formula is C17H15ClN2O2S. The van der Waals surface area contributed by atoms with Crippen LogP contribution in [0.3, 0.4) is 0 Å². The fraction of sp³-hybridized carbons (Fsp3) is 0.176. The summed E-state index contributed by atoms with van der Waals surface area (Å²) < 4.78 is 5.21. The Balaban J connectivity index is 1.78. The van der Waals surface area contributed by atoms with Crippen molar-refractivity contribution in [1.82, 2.24) is 10.5 Å². The summed E-state index contributed by atoms with van der Waals surface area (Å²) in [6.45, 7) is 2.28. The monoisotopic (exact) mass is 346 g/mol.